The largest absolute Gasteiger partial charge is 0.352 e. The Hall–Kier alpha value is -1.20. The van der Waals surface area contributed by atoms with E-state index in [4.69, 9.17) is 5.73 Å². The van der Waals surface area contributed by atoms with Crippen LogP contribution in [0.15, 0.2) is 12.4 Å². The van der Waals surface area contributed by atoms with Gasteiger partial charge in [0, 0.05) is 24.0 Å². The number of hydrogen-bond donors (Lipinski definition) is 1. The smallest absolute Gasteiger partial charge is 0.141 e. The predicted octanol–water partition coefficient (Wildman–Crippen LogP) is 3.21. The third kappa shape index (κ3) is 2.77. The number of thiophene rings is 1. The second kappa shape index (κ2) is 6.28. The summed E-state index contributed by atoms with van der Waals surface area (Å²) in [6.07, 6.45) is 6.43. The minimum Gasteiger partial charge on any atom is -0.352 e. The second-order valence-electron chi connectivity index (χ2n) is 5.86. The van der Waals surface area contributed by atoms with E-state index >= 15 is 0 Å². The summed E-state index contributed by atoms with van der Waals surface area (Å²) in [5, 5.41) is 1.20. The van der Waals surface area contributed by atoms with Crippen LogP contribution in [0.4, 0.5) is 5.82 Å². The van der Waals surface area contributed by atoms with E-state index in [9.17, 15) is 0 Å². The Labute approximate surface area is 130 Å². The Bertz CT molecular complexity index is 609. The van der Waals surface area contributed by atoms with Crippen molar-refractivity contribution in [1.29, 1.82) is 0 Å². The van der Waals surface area contributed by atoms with Crippen molar-refractivity contribution in [3.63, 3.8) is 0 Å². The van der Waals surface area contributed by atoms with Crippen molar-refractivity contribution in [3.8, 4) is 0 Å². The van der Waals surface area contributed by atoms with E-state index in [0.717, 1.165) is 29.5 Å². The maximum atomic E-state index is 6.04. The summed E-state index contributed by atoms with van der Waals surface area (Å²) < 4.78 is 0. The predicted molar refractivity (Wildman–Crippen MR) is 90.0 cm³/mol. The molecule has 0 bridgehead atoms. The number of fused-ring (bicyclic) bond motifs is 1. The van der Waals surface area contributed by atoms with Crippen molar-refractivity contribution in [3.05, 3.63) is 17.3 Å². The number of anilines is 1. The monoisotopic (exact) mass is 304 g/mol. The molecule has 3 heterocycles. The Kier molecular flexibility index (Phi) is 4.40. The van der Waals surface area contributed by atoms with Crippen LogP contribution in [0.25, 0.3) is 10.2 Å². The molecule has 5 heteroatoms. The van der Waals surface area contributed by atoms with E-state index in [1.54, 1.807) is 17.7 Å². The summed E-state index contributed by atoms with van der Waals surface area (Å²) in [6, 6.07) is 2.67. The summed E-state index contributed by atoms with van der Waals surface area (Å²) in [5.41, 5.74) is 6.04. The van der Waals surface area contributed by atoms with Crippen LogP contribution in [0, 0.1) is 5.92 Å². The van der Waals surface area contributed by atoms with Gasteiger partial charge in [0.05, 0.1) is 5.39 Å². The number of piperidine rings is 1. The minimum atomic E-state index is 0.409. The van der Waals surface area contributed by atoms with E-state index in [-0.39, 0.29) is 0 Å². The minimum absolute atomic E-state index is 0.409. The molecular weight excluding hydrogens is 280 g/mol. The molecule has 1 aliphatic rings. The number of aromatic nitrogens is 2. The van der Waals surface area contributed by atoms with Crippen molar-refractivity contribution in [2.45, 2.75) is 45.6 Å². The fourth-order valence-electron chi connectivity index (χ4n) is 3.30. The van der Waals surface area contributed by atoms with Crippen molar-refractivity contribution in [2.75, 3.05) is 18.0 Å². The van der Waals surface area contributed by atoms with Gasteiger partial charge in [0.1, 0.15) is 17.0 Å². The molecule has 1 fully saturated rings. The Balaban J connectivity index is 1.97. The van der Waals surface area contributed by atoms with E-state index in [0.29, 0.717) is 12.6 Å². The van der Waals surface area contributed by atoms with Crippen LogP contribution in [0.1, 0.15) is 38.0 Å². The third-order valence-electron chi connectivity index (χ3n) is 4.65. The molecule has 2 aromatic heterocycles. The molecule has 3 rings (SSSR count). The van der Waals surface area contributed by atoms with Crippen LogP contribution in [0.2, 0.25) is 0 Å². The lowest BCUT2D eigenvalue weighted by Gasteiger charge is -2.39. The van der Waals surface area contributed by atoms with Gasteiger partial charge in [-0.1, -0.05) is 20.3 Å². The maximum Gasteiger partial charge on any atom is 0.141 e. The van der Waals surface area contributed by atoms with Crippen LogP contribution >= 0.6 is 11.3 Å². The van der Waals surface area contributed by atoms with Crippen LogP contribution < -0.4 is 10.6 Å². The average molecular weight is 304 g/mol. The first-order chi connectivity index (χ1) is 10.3. The molecule has 0 radical (unpaired) electrons. The molecule has 2 unspecified atom stereocenters. The van der Waals surface area contributed by atoms with Crippen LogP contribution in [0.5, 0.6) is 0 Å². The number of aryl methyl sites for hydroxylation is 1. The molecule has 1 saturated heterocycles. The lowest BCUT2D eigenvalue weighted by molar-refractivity contribution is 0.335. The van der Waals surface area contributed by atoms with Gasteiger partial charge in [0.15, 0.2) is 0 Å². The van der Waals surface area contributed by atoms with Crippen molar-refractivity contribution >= 4 is 27.4 Å². The van der Waals surface area contributed by atoms with Gasteiger partial charge in [-0.25, -0.2) is 9.97 Å². The van der Waals surface area contributed by atoms with E-state index in [2.05, 4.69) is 34.8 Å². The lowest BCUT2D eigenvalue weighted by atomic mass is 9.89. The SMILES string of the molecule is CCc1cc2c(N3CCC(CC)CC3CN)ncnc2s1. The molecular formula is C16H24N4S. The zero-order valence-electron chi connectivity index (χ0n) is 12.9. The van der Waals surface area contributed by atoms with E-state index in [1.807, 2.05) is 0 Å². The number of nitrogens with zero attached hydrogens (tertiary/aromatic N) is 3. The zero-order chi connectivity index (χ0) is 14.8. The quantitative estimate of drug-likeness (QED) is 0.942. The molecule has 21 heavy (non-hydrogen) atoms. The van der Waals surface area contributed by atoms with Gasteiger partial charge >= 0.3 is 0 Å². The van der Waals surface area contributed by atoms with Gasteiger partial charge in [-0.05, 0) is 31.2 Å². The summed E-state index contributed by atoms with van der Waals surface area (Å²) in [7, 11) is 0. The molecule has 2 N–H and O–H groups in total. The first-order valence-corrected chi connectivity index (χ1v) is 8.78. The van der Waals surface area contributed by atoms with Gasteiger partial charge in [0.2, 0.25) is 0 Å². The number of rotatable bonds is 4. The fourth-order valence-corrected chi connectivity index (χ4v) is 4.23. The molecule has 4 nitrogen and oxygen atoms in total. The van der Waals surface area contributed by atoms with Gasteiger partial charge in [-0.2, -0.15) is 0 Å². The van der Waals surface area contributed by atoms with Crippen LogP contribution in [-0.4, -0.2) is 29.1 Å². The van der Waals surface area contributed by atoms with Crippen molar-refractivity contribution in [1.82, 2.24) is 9.97 Å². The number of hydrogen-bond acceptors (Lipinski definition) is 5. The Morgan fingerprint density at radius 3 is 2.95 bits per heavy atom. The van der Waals surface area contributed by atoms with Gasteiger partial charge in [0.25, 0.3) is 0 Å². The lowest BCUT2D eigenvalue weighted by Crippen LogP contribution is -2.47. The van der Waals surface area contributed by atoms with E-state index in [1.165, 1.54) is 29.5 Å². The maximum absolute atomic E-state index is 6.04. The van der Waals surface area contributed by atoms with Gasteiger partial charge in [-0.15, -0.1) is 11.3 Å². The topological polar surface area (TPSA) is 55.0 Å². The average Bonchev–Trinajstić information content (AvgIpc) is 2.97. The molecule has 0 saturated carbocycles. The molecule has 0 aromatic carbocycles. The molecule has 1 aliphatic heterocycles. The number of nitrogens with two attached hydrogens (primary N) is 1. The summed E-state index contributed by atoms with van der Waals surface area (Å²) in [4.78, 5) is 13.9. The highest BCUT2D eigenvalue weighted by Crippen LogP contribution is 2.35. The van der Waals surface area contributed by atoms with Gasteiger partial charge in [-0.3, -0.25) is 0 Å². The normalized spacial score (nSPS) is 22.9. The standard InChI is InChI=1S/C16H24N4S/c1-3-11-5-6-20(12(7-11)9-17)15-14-8-13(4-2)21-16(14)19-10-18-15/h8,10-12H,3-7,9,17H2,1-2H3. The Morgan fingerprint density at radius 1 is 1.38 bits per heavy atom. The third-order valence-corrected chi connectivity index (χ3v) is 5.84. The zero-order valence-corrected chi connectivity index (χ0v) is 13.7. The summed E-state index contributed by atoms with van der Waals surface area (Å²) >= 11 is 1.78. The first-order valence-electron chi connectivity index (χ1n) is 7.96. The van der Waals surface area contributed by atoms with E-state index < -0.39 is 0 Å². The molecule has 0 aliphatic carbocycles. The fraction of sp³-hybridized carbons (Fsp3) is 0.625. The second-order valence-corrected chi connectivity index (χ2v) is 6.98. The highest BCUT2D eigenvalue weighted by Gasteiger charge is 2.29. The highest BCUT2D eigenvalue weighted by atomic mass is 32.1. The molecule has 0 amide bonds. The molecule has 0 spiro atoms. The van der Waals surface area contributed by atoms with Gasteiger partial charge < -0.3 is 10.6 Å². The Morgan fingerprint density at radius 2 is 2.24 bits per heavy atom. The molecule has 2 atom stereocenters. The van der Waals surface area contributed by atoms with Crippen molar-refractivity contribution < 1.29 is 0 Å². The summed E-state index contributed by atoms with van der Waals surface area (Å²) in [6.45, 7) is 6.23. The first kappa shape index (κ1) is 14.7. The van der Waals surface area contributed by atoms with Crippen molar-refractivity contribution in [2.24, 2.45) is 11.7 Å². The van der Waals surface area contributed by atoms with Crippen LogP contribution in [0.3, 0.4) is 0 Å². The highest BCUT2D eigenvalue weighted by molar-refractivity contribution is 7.18. The molecule has 114 valence electrons. The van der Waals surface area contributed by atoms with Crippen LogP contribution in [-0.2, 0) is 6.42 Å². The summed E-state index contributed by atoms with van der Waals surface area (Å²) in [5.74, 6) is 1.89. The molecule has 2 aromatic rings.